The number of rotatable bonds is 0. The molecule has 2 nitrogen and oxygen atoms in total. The quantitative estimate of drug-likeness (QED) is 0.637. The van der Waals surface area contributed by atoms with Crippen LogP contribution in [0.4, 0.5) is 0 Å². The topological polar surface area (TPSA) is 23.5 Å². The Kier molecular flexibility index (Phi) is 1.44. The summed E-state index contributed by atoms with van der Waals surface area (Å²) in [7, 11) is 0. The van der Waals surface area contributed by atoms with Crippen LogP contribution in [-0.4, -0.2) is 29.3 Å². The Balaban J connectivity index is 2.06. The second-order valence-corrected chi connectivity index (χ2v) is 7.08. The Morgan fingerprint density at radius 3 is 1.93 bits per heavy atom. The van der Waals surface area contributed by atoms with Crippen molar-refractivity contribution >= 4 is 0 Å². The minimum Gasteiger partial charge on any atom is -0.378 e. The molecule has 0 radical (unpaired) electrons. The third kappa shape index (κ3) is 0.989. The zero-order chi connectivity index (χ0) is 10.2. The largest absolute Gasteiger partial charge is 0.378 e. The Labute approximate surface area is 86.3 Å². The van der Waals surface area contributed by atoms with Gasteiger partial charge in [0, 0.05) is 18.5 Å². The molecule has 4 rings (SSSR count). The van der Waals surface area contributed by atoms with Crippen LogP contribution in [0.25, 0.3) is 0 Å². The summed E-state index contributed by atoms with van der Waals surface area (Å²) in [6, 6.07) is 0. The summed E-state index contributed by atoms with van der Waals surface area (Å²) in [4.78, 5) is 2.32. The van der Waals surface area contributed by atoms with Gasteiger partial charge in [-0.05, 0) is 30.1 Å². The highest BCUT2D eigenvalue weighted by molar-refractivity contribution is 5.11. The fourth-order valence-electron chi connectivity index (χ4n) is 5.22. The zero-order valence-electron chi connectivity index (χ0n) is 9.51. The van der Waals surface area contributed by atoms with E-state index < -0.39 is 0 Å². The number of nitrogens with zero attached hydrogens (tertiary/aromatic N) is 1. The van der Waals surface area contributed by atoms with Crippen LogP contribution in [0, 0.1) is 16.2 Å². The predicted molar refractivity (Wildman–Crippen MR) is 55.8 cm³/mol. The summed E-state index contributed by atoms with van der Waals surface area (Å²) in [6.45, 7) is 9.30. The Hall–Kier alpha value is -0.0800. The van der Waals surface area contributed by atoms with Crippen LogP contribution in [0.15, 0.2) is 0 Å². The van der Waals surface area contributed by atoms with Crippen LogP contribution in [0.1, 0.15) is 40.0 Å². The molecule has 0 aromatic carbocycles. The molecule has 4 aliphatic rings. The molecule has 0 aromatic rings. The van der Waals surface area contributed by atoms with Gasteiger partial charge < -0.3 is 5.11 Å². The van der Waals surface area contributed by atoms with Crippen molar-refractivity contribution in [3.8, 4) is 0 Å². The van der Waals surface area contributed by atoms with Crippen molar-refractivity contribution in [2.24, 2.45) is 16.2 Å². The lowest BCUT2D eigenvalue weighted by atomic mass is 9.48. The third-order valence-electron chi connectivity index (χ3n) is 4.65. The minimum atomic E-state index is -0.177. The van der Waals surface area contributed by atoms with Crippen LogP contribution >= 0.6 is 0 Å². The number of hydrogen-bond acceptors (Lipinski definition) is 2. The number of hydrogen-bond donors (Lipinski definition) is 1. The molecule has 3 unspecified atom stereocenters. The van der Waals surface area contributed by atoms with Gasteiger partial charge in [0.15, 0.2) is 0 Å². The molecular formula is C12H21NO. The molecule has 3 saturated heterocycles. The van der Waals surface area contributed by atoms with E-state index in [0.29, 0.717) is 10.8 Å². The Morgan fingerprint density at radius 2 is 1.50 bits per heavy atom. The van der Waals surface area contributed by atoms with E-state index in [0.717, 1.165) is 13.1 Å². The van der Waals surface area contributed by atoms with E-state index in [1.807, 2.05) is 0 Å². The highest BCUT2D eigenvalue weighted by atomic mass is 16.3. The normalized spacial score (nSPS) is 66.0. The van der Waals surface area contributed by atoms with E-state index in [1.165, 1.54) is 19.3 Å². The molecule has 1 aliphatic carbocycles. The van der Waals surface area contributed by atoms with Crippen molar-refractivity contribution < 1.29 is 5.11 Å². The first kappa shape index (κ1) is 9.17. The second-order valence-electron chi connectivity index (χ2n) is 7.08. The molecule has 2 heteroatoms. The Morgan fingerprint density at radius 1 is 1.00 bits per heavy atom. The first-order chi connectivity index (χ1) is 6.34. The molecule has 80 valence electrons. The van der Waals surface area contributed by atoms with Crippen LogP contribution in [0.5, 0.6) is 0 Å². The first-order valence-electron chi connectivity index (χ1n) is 5.77. The van der Waals surface area contributed by atoms with E-state index >= 15 is 0 Å². The SMILES string of the molecule is CC12C[C@]3(C)CN(C[C@](C)(C1)C3)C2O. The molecule has 5 atom stereocenters. The number of piperidine rings is 3. The van der Waals surface area contributed by atoms with E-state index in [4.69, 9.17) is 0 Å². The first-order valence-corrected chi connectivity index (χ1v) is 5.77. The van der Waals surface area contributed by atoms with Crippen LogP contribution in [0.2, 0.25) is 0 Å². The standard InChI is InChI=1S/C12H21NO/c1-10-4-11(2)6-12(3,5-10)9(14)13(7-10)8-11/h9,14H,4-8H2,1-3H3/t9?,10-,11+,12?. The summed E-state index contributed by atoms with van der Waals surface area (Å²) < 4.78 is 0. The van der Waals surface area contributed by atoms with Gasteiger partial charge in [0.2, 0.25) is 0 Å². The van der Waals surface area contributed by atoms with Crippen molar-refractivity contribution in [3.63, 3.8) is 0 Å². The van der Waals surface area contributed by atoms with Gasteiger partial charge in [-0.1, -0.05) is 20.8 Å². The lowest BCUT2D eigenvalue weighted by molar-refractivity contribution is -0.251. The van der Waals surface area contributed by atoms with Gasteiger partial charge in [-0.15, -0.1) is 0 Å². The molecular weight excluding hydrogens is 174 g/mol. The fraction of sp³-hybridized carbons (Fsp3) is 1.00. The van der Waals surface area contributed by atoms with Gasteiger partial charge >= 0.3 is 0 Å². The van der Waals surface area contributed by atoms with Crippen LogP contribution in [0.3, 0.4) is 0 Å². The summed E-state index contributed by atoms with van der Waals surface area (Å²) in [6.07, 6.45) is 3.61. The number of aliphatic hydroxyl groups excluding tert-OH is 1. The average Bonchev–Trinajstić information content (AvgIpc) is 1.94. The predicted octanol–water partition coefficient (Wildman–Crippen LogP) is 1.84. The zero-order valence-corrected chi connectivity index (χ0v) is 9.51. The highest BCUT2D eigenvalue weighted by Crippen LogP contribution is 2.63. The minimum absolute atomic E-state index is 0.165. The van der Waals surface area contributed by atoms with Crippen LogP contribution in [-0.2, 0) is 0 Å². The molecule has 4 fully saturated rings. The molecule has 3 aliphatic heterocycles. The molecule has 3 heterocycles. The molecule has 4 bridgehead atoms. The van der Waals surface area contributed by atoms with Crippen molar-refractivity contribution in [3.05, 3.63) is 0 Å². The van der Waals surface area contributed by atoms with E-state index in [2.05, 4.69) is 25.7 Å². The van der Waals surface area contributed by atoms with Crippen molar-refractivity contribution in [1.82, 2.24) is 4.90 Å². The van der Waals surface area contributed by atoms with Crippen molar-refractivity contribution in [1.29, 1.82) is 0 Å². The van der Waals surface area contributed by atoms with Crippen LogP contribution < -0.4 is 0 Å². The van der Waals surface area contributed by atoms with E-state index in [-0.39, 0.29) is 11.6 Å². The van der Waals surface area contributed by atoms with Gasteiger partial charge in [0.1, 0.15) is 6.23 Å². The molecule has 0 spiro atoms. The van der Waals surface area contributed by atoms with E-state index in [1.54, 1.807) is 0 Å². The van der Waals surface area contributed by atoms with Gasteiger partial charge in [0.05, 0.1) is 0 Å². The monoisotopic (exact) mass is 195 g/mol. The van der Waals surface area contributed by atoms with Crippen molar-refractivity contribution in [2.45, 2.75) is 46.3 Å². The van der Waals surface area contributed by atoms with Gasteiger partial charge in [-0.3, -0.25) is 4.90 Å². The summed E-state index contributed by atoms with van der Waals surface area (Å²) in [5, 5.41) is 10.2. The second kappa shape index (κ2) is 2.19. The molecule has 1 saturated carbocycles. The van der Waals surface area contributed by atoms with Crippen molar-refractivity contribution in [2.75, 3.05) is 13.1 Å². The Bertz CT molecular complexity index is 270. The van der Waals surface area contributed by atoms with Gasteiger partial charge in [-0.25, -0.2) is 0 Å². The average molecular weight is 195 g/mol. The maximum absolute atomic E-state index is 10.2. The highest BCUT2D eigenvalue weighted by Gasteiger charge is 2.61. The maximum Gasteiger partial charge on any atom is 0.112 e. The molecule has 0 amide bonds. The lowest BCUT2D eigenvalue weighted by Crippen LogP contribution is -2.69. The third-order valence-corrected chi connectivity index (χ3v) is 4.65. The number of aliphatic hydroxyl groups is 1. The van der Waals surface area contributed by atoms with Gasteiger partial charge in [-0.2, -0.15) is 0 Å². The molecule has 0 aromatic heterocycles. The lowest BCUT2D eigenvalue weighted by Gasteiger charge is -2.67. The summed E-state index contributed by atoms with van der Waals surface area (Å²) in [5.74, 6) is 0. The summed E-state index contributed by atoms with van der Waals surface area (Å²) >= 11 is 0. The fourth-order valence-corrected chi connectivity index (χ4v) is 5.22. The molecule has 1 N–H and O–H groups in total. The van der Waals surface area contributed by atoms with E-state index in [9.17, 15) is 5.11 Å². The smallest absolute Gasteiger partial charge is 0.112 e. The maximum atomic E-state index is 10.2. The van der Waals surface area contributed by atoms with Gasteiger partial charge in [0.25, 0.3) is 0 Å². The molecule has 14 heavy (non-hydrogen) atoms. The summed E-state index contributed by atoms with van der Waals surface area (Å²) in [5.41, 5.74) is 1.11.